The van der Waals surface area contributed by atoms with Gasteiger partial charge in [-0.25, -0.2) is 4.39 Å². The van der Waals surface area contributed by atoms with E-state index in [0.717, 1.165) is 11.1 Å². The van der Waals surface area contributed by atoms with Crippen LogP contribution in [0, 0.1) is 5.82 Å². The Kier molecular flexibility index (Phi) is 5.03. The van der Waals surface area contributed by atoms with E-state index >= 15 is 0 Å². The highest BCUT2D eigenvalue weighted by molar-refractivity contribution is 6.30. The third-order valence-electron chi connectivity index (χ3n) is 3.34. The Morgan fingerprint density at radius 2 is 1.85 bits per heavy atom. The van der Waals surface area contributed by atoms with E-state index in [1.165, 1.54) is 6.07 Å². The molecule has 0 aliphatic heterocycles. The number of hydrogen-bond donors (Lipinski definition) is 1. The quantitative estimate of drug-likeness (QED) is 0.788. The van der Waals surface area contributed by atoms with E-state index in [0.29, 0.717) is 12.4 Å². The largest absolute Gasteiger partial charge is 0.303 e. The Bertz CT molecular complexity index is 574. The Hall–Kier alpha value is -1.09. The lowest BCUT2D eigenvalue weighted by Gasteiger charge is -2.29. The first kappa shape index (κ1) is 15.3. The van der Waals surface area contributed by atoms with E-state index in [4.69, 9.17) is 23.2 Å². The lowest BCUT2D eigenvalue weighted by molar-refractivity contribution is 0.406. The van der Waals surface area contributed by atoms with Gasteiger partial charge in [0.15, 0.2) is 0 Å². The number of halogens is 3. The molecule has 4 heteroatoms. The summed E-state index contributed by atoms with van der Waals surface area (Å²) >= 11 is 11.8. The fraction of sp³-hybridized carbons (Fsp3) is 0.250. The molecule has 106 valence electrons. The number of rotatable bonds is 5. The summed E-state index contributed by atoms with van der Waals surface area (Å²) in [6.45, 7) is 2.55. The standard InChI is InChI=1S/C16H16Cl2FN/c1-16(11-17,13-5-3-2-4-6-13)20-10-12-7-8-14(18)15(19)9-12/h2-9,20H,10-11H2,1H3. The van der Waals surface area contributed by atoms with Crippen LogP contribution in [-0.4, -0.2) is 5.88 Å². The van der Waals surface area contributed by atoms with Crippen LogP contribution in [0.1, 0.15) is 18.1 Å². The number of alkyl halides is 1. The minimum absolute atomic E-state index is 0.136. The predicted molar refractivity (Wildman–Crippen MR) is 82.8 cm³/mol. The van der Waals surface area contributed by atoms with Crippen molar-refractivity contribution in [2.45, 2.75) is 19.0 Å². The van der Waals surface area contributed by atoms with Crippen LogP contribution in [0.3, 0.4) is 0 Å². The fourth-order valence-corrected chi connectivity index (χ4v) is 2.35. The Morgan fingerprint density at radius 1 is 1.15 bits per heavy atom. The zero-order chi connectivity index (χ0) is 14.6. The molecule has 0 fully saturated rings. The van der Waals surface area contributed by atoms with Gasteiger partial charge in [-0.2, -0.15) is 0 Å². The highest BCUT2D eigenvalue weighted by Crippen LogP contribution is 2.23. The molecular formula is C16H16Cl2FN. The molecule has 0 radical (unpaired) electrons. The molecule has 0 saturated heterocycles. The van der Waals surface area contributed by atoms with Gasteiger partial charge in [0.25, 0.3) is 0 Å². The van der Waals surface area contributed by atoms with Crippen molar-refractivity contribution in [1.29, 1.82) is 0 Å². The van der Waals surface area contributed by atoms with Gasteiger partial charge in [-0.1, -0.05) is 48.0 Å². The highest BCUT2D eigenvalue weighted by Gasteiger charge is 2.24. The normalized spacial score (nSPS) is 14.0. The summed E-state index contributed by atoms with van der Waals surface area (Å²) in [7, 11) is 0. The second kappa shape index (κ2) is 6.57. The highest BCUT2D eigenvalue weighted by atomic mass is 35.5. The van der Waals surface area contributed by atoms with E-state index in [9.17, 15) is 4.39 Å². The third kappa shape index (κ3) is 3.51. The minimum atomic E-state index is -0.404. The molecule has 1 atom stereocenters. The van der Waals surface area contributed by atoms with Crippen LogP contribution in [0.5, 0.6) is 0 Å². The van der Waals surface area contributed by atoms with Gasteiger partial charge in [0, 0.05) is 12.4 Å². The van der Waals surface area contributed by atoms with Crippen molar-refractivity contribution in [2.24, 2.45) is 0 Å². The molecule has 1 N–H and O–H groups in total. The van der Waals surface area contributed by atoms with Crippen LogP contribution in [0.15, 0.2) is 48.5 Å². The molecule has 0 aliphatic carbocycles. The molecule has 0 amide bonds. The maximum Gasteiger partial charge on any atom is 0.142 e. The maximum absolute atomic E-state index is 13.4. The summed E-state index contributed by atoms with van der Waals surface area (Å²) in [5.74, 6) is 0.0193. The van der Waals surface area contributed by atoms with Gasteiger partial charge in [0.2, 0.25) is 0 Å². The molecule has 1 nitrogen and oxygen atoms in total. The van der Waals surface area contributed by atoms with E-state index < -0.39 is 5.82 Å². The average Bonchev–Trinajstić information content (AvgIpc) is 2.49. The molecular weight excluding hydrogens is 296 g/mol. The lowest BCUT2D eigenvalue weighted by Crippen LogP contribution is -2.40. The summed E-state index contributed by atoms with van der Waals surface area (Å²) in [6, 6.07) is 14.8. The van der Waals surface area contributed by atoms with Gasteiger partial charge in [0.1, 0.15) is 5.82 Å². The number of nitrogens with one attached hydrogen (secondary N) is 1. The second-order valence-electron chi connectivity index (χ2n) is 4.93. The smallest absolute Gasteiger partial charge is 0.142 e. The second-order valence-corrected chi connectivity index (χ2v) is 5.61. The summed E-state index contributed by atoms with van der Waals surface area (Å²) < 4.78 is 13.4. The SMILES string of the molecule is CC(CCl)(NCc1ccc(Cl)c(F)c1)c1ccccc1. The topological polar surface area (TPSA) is 12.0 Å². The molecule has 2 aromatic rings. The lowest BCUT2D eigenvalue weighted by atomic mass is 9.94. The first-order valence-electron chi connectivity index (χ1n) is 6.35. The Morgan fingerprint density at radius 3 is 2.45 bits per heavy atom. The summed E-state index contributed by atoms with van der Waals surface area (Å²) in [6.07, 6.45) is 0. The van der Waals surface area contributed by atoms with Gasteiger partial charge in [0.05, 0.1) is 10.6 Å². The van der Waals surface area contributed by atoms with Crippen molar-refractivity contribution >= 4 is 23.2 Å². The van der Waals surface area contributed by atoms with E-state index in [1.54, 1.807) is 12.1 Å². The Balaban J connectivity index is 2.13. The van der Waals surface area contributed by atoms with Crippen LogP contribution in [0.4, 0.5) is 4.39 Å². The Labute approximate surface area is 128 Å². The van der Waals surface area contributed by atoms with Crippen molar-refractivity contribution in [2.75, 3.05) is 5.88 Å². The van der Waals surface area contributed by atoms with Crippen LogP contribution >= 0.6 is 23.2 Å². The van der Waals surface area contributed by atoms with Crippen LogP contribution < -0.4 is 5.32 Å². The predicted octanol–water partition coefficient (Wildman–Crippen LogP) is 4.72. The zero-order valence-corrected chi connectivity index (χ0v) is 12.7. The average molecular weight is 312 g/mol. The molecule has 1 unspecified atom stereocenters. The van der Waals surface area contributed by atoms with Crippen LogP contribution in [0.25, 0.3) is 0 Å². The van der Waals surface area contributed by atoms with Crippen molar-refractivity contribution < 1.29 is 4.39 Å². The summed E-state index contributed by atoms with van der Waals surface area (Å²) in [5, 5.41) is 3.52. The fourth-order valence-electron chi connectivity index (χ4n) is 1.98. The van der Waals surface area contributed by atoms with Gasteiger partial charge in [-0.3, -0.25) is 0 Å². The molecule has 0 heterocycles. The molecule has 0 bridgehead atoms. The maximum atomic E-state index is 13.4. The summed E-state index contributed by atoms with van der Waals surface area (Å²) in [4.78, 5) is 0. The molecule has 0 aromatic heterocycles. The summed E-state index contributed by atoms with van der Waals surface area (Å²) in [5.41, 5.74) is 1.57. The van der Waals surface area contributed by atoms with Gasteiger partial charge >= 0.3 is 0 Å². The number of benzene rings is 2. The molecule has 0 aliphatic rings. The molecule has 0 saturated carbocycles. The van der Waals surface area contributed by atoms with Gasteiger partial charge in [-0.05, 0) is 30.2 Å². The van der Waals surface area contributed by atoms with Gasteiger partial charge < -0.3 is 5.32 Å². The first-order valence-corrected chi connectivity index (χ1v) is 7.27. The van der Waals surface area contributed by atoms with E-state index in [-0.39, 0.29) is 10.6 Å². The minimum Gasteiger partial charge on any atom is -0.303 e. The van der Waals surface area contributed by atoms with Gasteiger partial charge in [-0.15, -0.1) is 11.6 Å². The van der Waals surface area contributed by atoms with Crippen molar-refractivity contribution in [1.82, 2.24) is 5.32 Å². The molecule has 2 aromatic carbocycles. The zero-order valence-electron chi connectivity index (χ0n) is 11.2. The molecule has 0 spiro atoms. The third-order valence-corrected chi connectivity index (χ3v) is 4.19. The van der Waals surface area contributed by atoms with E-state index in [1.807, 2.05) is 37.3 Å². The van der Waals surface area contributed by atoms with Crippen molar-refractivity contribution in [3.63, 3.8) is 0 Å². The number of hydrogen-bond acceptors (Lipinski definition) is 1. The van der Waals surface area contributed by atoms with E-state index in [2.05, 4.69) is 5.32 Å². The van der Waals surface area contributed by atoms with Crippen molar-refractivity contribution in [3.8, 4) is 0 Å². The van der Waals surface area contributed by atoms with Crippen LogP contribution in [0.2, 0.25) is 5.02 Å². The first-order chi connectivity index (χ1) is 9.55. The monoisotopic (exact) mass is 311 g/mol. The molecule has 2 rings (SSSR count). The van der Waals surface area contributed by atoms with Crippen molar-refractivity contribution in [3.05, 3.63) is 70.5 Å². The molecule has 20 heavy (non-hydrogen) atoms. The van der Waals surface area contributed by atoms with Crippen LogP contribution in [-0.2, 0) is 12.1 Å².